The normalized spacial score (nSPS) is 25.3. The molecule has 0 spiro atoms. The van der Waals surface area contributed by atoms with E-state index in [0.717, 1.165) is 31.8 Å². The fraction of sp³-hybridized carbons (Fsp3) is 0.667. The van der Waals surface area contributed by atoms with Crippen LogP contribution in [0, 0.1) is 5.82 Å². The van der Waals surface area contributed by atoms with Crippen LogP contribution in [0.3, 0.4) is 0 Å². The summed E-state index contributed by atoms with van der Waals surface area (Å²) in [5.41, 5.74) is 0. The van der Waals surface area contributed by atoms with Gasteiger partial charge in [0.05, 0.1) is 36.2 Å². The Hall–Kier alpha value is -1.59. The number of piperidine rings is 1. The van der Waals surface area contributed by atoms with Crippen LogP contribution in [-0.2, 0) is 19.6 Å². The van der Waals surface area contributed by atoms with Gasteiger partial charge in [-0.1, -0.05) is 6.42 Å². The number of nitrogens with one attached hydrogen (secondary N) is 2. The highest BCUT2D eigenvalue weighted by Gasteiger charge is 2.34. The molecule has 0 saturated carbocycles. The number of halogens is 1. The van der Waals surface area contributed by atoms with Crippen molar-refractivity contribution in [3.63, 3.8) is 0 Å². The van der Waals surface area contributed by atoms with E-state index in [9.17, 15) is 22.7 Å². The highest BCUT2D eigenvalue weighted by atomic mass is 32.2. The van der Waals surface area contributed by atoms with Crippen LogP contribution in [0.1, 0.15) is 38.5 Å². The van der Waals surface area contributed by atoms with Gasteiger partial charge in [-0.3, -0.25) is 4.79 Å². The van der Waals surface area contributed by atoms with Crippen molar-refractivity contribution < 1.29 is 27.4 Å². The number of hydrogen-bond acceptors (Lipinski definition) is 6. The van der Waals surface area contributed by atoms with Gasteiger partial charge in [0.2, 0.25) is 15.9 Å². The van der Waals surface area contributed by atoms with Crippen molar-refractivity contribution in [3.05, 3.63) is 30.1 Å². The number of nitrogens with zero attached hydrogens (tertiary/aromatic N) is 1. The van der Waals surface area contributed by atoms with E-state index < -0.39 is 28.0 Å². The van der Waals surface area contributed by atoms with E-state index in [1.165, 1.54) is 31.4 Å². The molecule has 2 saturated heterocycles. The lowest BCUT2D eigenvalue weighted by atomic mass is 9.98. The fourth-order valence-corrected chi connectivity index (χ4v) is 5.41. The summed E-state index contributed by atoms with van der Waals surface area (Å²) in [7, 11) is -3.87. The van der Waals surface area contributed by atoms with E-state index in [1.54, 1.807) is 0 Å². The lowest BCUT2D eigenvalue weighted by Gasteiger charge is -2.35. The van der Waals surface area contributed by atoms with Crippen LogP contribution in [0.25, 0.3) is 0 Å². The van der Waals surface area contributed by atoms with Crippen LogP contribution in [0.2, 0.25) is 0 Å². The number of carbonyl (C=O) groups is 1. The summed E-state index contributed by atoms with van der Waals surface area (Å²) in [6.45, 7) is 3.21. The van der Waals surface area contributed by atoms with E-state index in [-0.39, 0.29) is 29.9 Å². The molecule has 10 heteroatoms. The van der Waals surface area contributed by atoms with E-state index in [2.05, 4.69) is 14.9 Å². The Morgan fingerprint density at radius 3 is 2.55 bits per heavy atom. The first-order chi connectivity index (χ1) is 14.9. The SMILES string of the molecule is O=C(C[C@H]1CC[C@H](NS(=O)(=O)c2ccc(F)cc2)[C@@H](CO)O1)NCCN1CCCCC1. The number of aliphatic hydroxyl groups excluding tert-OH is 1. The summed E-state index contributed by atoms with van der Waals surface area (Å²) in [6.07, 6.45) is 3.65. The first-order valence-electron chi connectivity index (χ1n) is 10.9. The van der Waals surface area contributed by atoms with E-state index in [4.69, 9.17) is 4.74 Å². The molecular weight excluding hydrogens is 425 g/mol. The predicted molar refractivity (Wildman–Crippen MR) is 113 cm³/mol. The molecule has 0 radical (unpaired) electrons. The Morgan fingerprint density at radius 1 is 1.16 bits per heavy atom. The molecule has 2 aliphatic rings. The third-order valence-corrected chi connectivity index (χ3v) is 7.34. The number of sulfonamides is 1. The van der Waals surface area contributed by atoms with Crippen molar-refractivity contribution in [1.82, 2.24) is 14.9 Å². The molecular formula is C21H32FN3O5S. The van der Waals surface area contributed by atoms with Crippen LogP contribution in [0.15, 0.2) is 29.2 Å². The second kappa shape index (κ2) is 11.3. The largest absolute Gasteiger partial charge is 0.394 e. The molecule has 1 amide bonds. The number of likely N-dealkylation sites (tertiary alicyclic amines) is 1. The molecule has 174 valence electrons. The van der Waals surface area contributed by atoms with Crippen molar-refractivity contribution in [2.24, 2.45) is 0 Å². The molecule has 2 fully saturated rings. The third-order valence-electron chi connectivity index (χ3n) is 5.84. The van der Waals surface area contributed by atoms with Gasteiger partial charge < -0.3 is 20.1 Å². The second-order valence-electron chi connectivity index (χ2n) is 8.19. The molecule has 2 aliphatic heterocycles. The minimum Gasteiger partial charge on any atom is -0.394 e. The Labute approximate surface area is 183 Å². The zero-order valence-electron chi connectivity index (χ0n) is 17.6. The Morgan fingerprint density at radius 2 is 1.87 bits per heavy atom. The average molecular weight is 458 g/mol. The zero-order chi connectivity index (χ0) is 22.3. The maximum atomic E-state index is 13.1. The molecule has 0 aliphatic carbocycles. The zero-order valence-corrected chi connectivity index (χ0v) is 18.4. The molecule has 0 aromatic heterocycles. The first kappa shape index (κ1) is 24.1. The lowest BCUT2D eigenvalue weighted by molar-refractivity contribution is -0.130. The van der Waals surface area contributed by atoms with Gasteiger partial charge in [-0.15, -0.1) is 0 Å². The van der Waals surface area contributed by atoms with E-state index in [1.807, 2.05) is 0 Å². The fourth-order valence-electron chi connectivity index (χ4n) is 4.11. The molecule has 3 rings (SSSR count). The number of aliphatic hydroxyl groups is 1. The Kier molecular flexibility index (Phi) is 8.79. The third kappa shape index (κ3) is 7.21. The molecule has 3 N–H and O–H groups in total. The molecule has 0 bridgehead atoms. The van der Waals surface area contributed by atoms with Gasteiger partial charge in [0, 0.05) is 13.1 Å². The molecule has 2 heterocycles. The summed E-state index contributed by atoms with van der Waals surface area (Å²) in [5.74, 6) is -0.630. The highest BCUT2D eigenvalue weighted by molar-refractivity contribution is 7.89. The molecule has 3 atom stereocenters. The van der Waals surface area contributed by atoms with Gasteiger partial charge in [-0.05, 0) is 63.0 Å². The van der Waals surface area contributed by atoms with Crippen LogP contribution in [0.4, 0.5) is 4.39 Å². The number of ether oxygens (including phenoxy) is 1. The van der Waals surface area contributed by atoms with Crippen molar-refractivity contribution in [1.29, 1.82) is 0 Å². The van der Waals surface area contributed by atoms with Gasteiger partial charge in [0.15, 0.2) is 0 Å². The smallest absolute Gasteiger partial charge is 0.240 e. The standard InChI is InChI=1S/C21H32FN3O5S/c22-16-4-7-18(8-5-16)31(28,29)24-19-9-6-17(30-20(19)15-26)14-21(27)23-10-13-25-11-2-1-3-12-25/h4-5,7-8,17,19-20,24,26H,1-3,6,9-15H2,(H,23,27)/t17-,19+,20-/m1/s1. The van der Waals surface area contributed by atoms with Gasteiger partial charge >= 0.3 is 0 Å². The Bertz CT molecular complexity index is 815. The minimum atomic E-state index is -3.87. The number of benzene rings is 1. The molecule has 0 unspecified atom stereocenters. The number of carbonyl (C=O) groups excluding carboxylic acids is 1. The Balaban J connectivity index is 1.45. The van der Waals surface area contributed by atoms with Crippen LogP contribution >= 0.6 is 0 Å². The summed E-state index contributed by atoms with van der Waals surface area (Å²) in [4.78, 5) is 14.5. The summed E-state index contributed by atoms with van der Waals surface area (Å²) >= 11 is 0. The van der Waals surface area contributed by atoms with Crippen molar-refractivity contribution in [2.45, 2.75) is 61.7 Å². The molecule has 1 aromatic carbocycles. The maximum Gasteiger partial charge on any atom is 0.240 e. The van der Waals surface area contributed by atoms with Crippen molar-refractivity contribution in [3.8, 4) is 0 Å². The minimum absolute atomic E-state index is 0.0548. The van der Waals surface area contributed by atoms with Gasteiger partial charge in [0.25, 0.3) is 0 Å². The van der Waals surface area contributed by atoms with Crippen molar-refractivity contribution in [2.75, 3.05) is 32.8 Å². The first-order valence-corrected chi connectivity index (χ1v) is 12.4. The van der Waals surface area contributed by atoms with Gasteiger partial charge in [-0.2, -0.15) is 0 Å². The monoisotopic (exact) mass is 457 g/mol. The predicted octanol–water partition coefficient (Wildman–Crippen LogP) is 1.00. The van der Waals surface area contributed by atoms with E-state index in [0.29, 0.717) is 19.4 Å². The van der Waals surface area contributed by atoms with Gasteiger partial charge in [0.1, 0.15) is 5.82 Å². The van der Waals surface area contributed by atoms with Crippen LogP contribution in [0.5, 0.6) is 0 Å². The number of hydrogen-bond donors (Lipinski definition) is 3. The summed E-state index contributed by atoms with van der Waals surface area (Å²) < 4.78 is 46.5. The van der Waals surface area contributed by atoms with Gasteiger partial charge in [-0.25, -0.2) is 17.5 Å². The van der Waals surface area contributed by atoms with Crippen LogP contribution in [-0.4, -0.2) is 75.4 Å². The second-order valence-corrected chi connectivity index (χ2v) is 9.91. The molecule has 31 heavy (non-hydrogen) atoms. The summed E-state index contributed by atoms with van der Waals surface area (Å²) in [5, 5.41) is 12.6. The maximum absolute atomic E-state index is 13.1. The number of rotatable bonds is 9. The average Bonchev–Trinajstić information content (AvgIpc) is 2.75. The molecule has 8 nitrogen and oxygen atoms in total. The van der Waals surface area contributed by atoms with Crippen molar-refractivity contribution >= 4 is 15.9 Å². The lowest BCUT2D eigenvalue weighted by Crippen LogP contribution is -2.51. The topological polar surface area (TPSA) is 108 Å². The molecule has 1 aromatic rings. The highest BCUT2D eigenvalue weighted by Crippen LogP contribution is 2.23. The quantitative estimate of drug-likeness (QED) is 0.511. The van der Waals surface area contributed by atoms with E-state index >= 15 is 0 Å². The summed E-state index contributed by atoms with van der Waals surface area (Å²) in [6, 6.07) is 3.90. The number of amides is 1. The van der Waals surface area contributed by atoms with Crippen LogP contribution < -0.4 is 10.0 Å².